The van der Waals surface area contributed by atoms with Gasteiger partial charge in [0.15, 0.2) is 0 Å². The minimum Gasteiger partial charge on any atom is -0.465 e. The number of anilines is 3. The molecule has 2 aromatic carbocycles. The number of hydrogen-bond acceptors (Lipinski definition) is 7. The van der Waals surface area contributed by atoms with E-state index in [0.717, 1.165) is 46.4 Å². The number of ether oxygens (including phenoxy) is 2. The molecule has 9 nitrogen and oxygen atoms in total. The molecule has 0 aliphatic carbocycles. The van der Waals surface area contributed by atoms with Gasteiger partial charge in [0.1, 0.15) is 22.8 Å². The van der Waals surface area contributed by atoms with Crippen molar-refractivity contribution in [3.05, 3.63) is 81.9 Å². The van der Waals surface area contributed by atoms with Crippen molar-refractivity contribution in [2.45, 2.75) is 27.7 Å². The van der Waals surface area contributed by atoms with Crippen LogP contribution >= 0.6 is 0 Å². The number of imide groups is 1. The first kappa shape index (κ1) is 25.4. The van der Waals surface area contributed by atoms with Gasteiger partial charge >= 0.3 is 11.9 Å². The van der Waals surface area contributed by atoms with Crippen molar-refractivity contribution < 1.29 is 28.7 Å². The molecule has 2 amide bonds. The predicted octanol–water partition coefficient (Wildman–Crippen LogP) is 4.46. The van der Waals surface area contributed by atoms with Crippen molar-refractivity contribution in [2.24, 2.45) is 0 Å². The zero-order valence-corrected chi connectivity index (χ0v) is 21.5. The molecule has 0 bridgehead atoms. The molecule has 0 saturated carbocycles. The first-order chi connectivity index (χ1) is 17.6. The van der Waals surface area contributed by atoms with Crippen molar-refractivity contribution in [2.75, 3.05) is 24.4 Å². The second-order valence-electron chi connectivity index (χ2n) is 8.72. The number of aromatic nitrogens is 1. The Morgan fingerprint density at radius 3 is 1.68 bits per heavy atom. The number of carbonyl (C=O) groups excluding carboxylic acids is 4. The average molecular weight is 502 g/mol. The van der Waals surface area contributed by atoms with E-state index >= 15 is 0 Å². The van der Waals surface area contributed by atoms with Crippen LogP contribution in [0.4, 0.5) is 17.3 Å². The SMILES string of the molecule is COC(=O)c1c(C(=O)OC)c(N2C(=O)C=CC2=O)n(-c2c(C)cccc2C)c1Nc1c(C)cccc1C. The minimum absolute atomic E-state index is 0.113. The van der Waals surface area contributed by atoms with Crippen LogP contribution in [-0.4, -0.2) is 42.5 Å². The summed E-state index contributed by atoms with van der Waals surface area (Å²) in [5.41, 5.74) is 4.15. The van der Waals surface area contributed by atoms with E-state index in [2.05, 4.69) is 5.32 Å². The monoisotopic (exact) mass is 501 g/mol. The highest BCUT2D eigenvalue weighted by atomic mass is 16.5. The lowest BCUT2D eigenvalue weighted by atomic mass is 10.1. The Hall–Kier alpha value is -4.66. The maximum absolute atomic E-state index is 13.3. The molecule has 1 aliphatic heterocycles. The minimum atomic E-state index is -0.905. The van der Waals surface area contributed by atoms with E-state index in [-0.39, 0.29) is 22.8 Å². The maximum atomic E-state index is 13.3. The molecule has 0 fully saturated rings. The number of amides is 2. The standard InChI is InChI=1S/C28H27N3O6/c1-15-9-7-10-16(2)23(15)29-25-21(27(34)36-5)22(28(35)37-6)26(30-19(32)13-14-20(30)33)31(25)24-17(3)11-8-12-18(24)4/h7-14,29H,1-6H3. The quantitative estimate of drug-likeness (QED) is 0.393. The van der Waals surface area contributed by atoms with Gasteiger partial charge in [-0.1, -0.05) is 36.4 Å². The Kier molecular flexibility index (Phi) is 6.72. The normalized spacial score (nSPS) is 12.8. The van der Waals surface area contributed by atoms with Gasteiger partial charge in [-0.3, -0.25) is 14.2 Å². The number of aryl methyl sites for hydroxylation is 4. The molecule has 1 aromatic heterocycles. The number of rotatable bonds is 6. The van der Waals surface area contributed by atoms with E-state index in [1.54, 1.807) is 4.57 Å². The Labute approximate surface area is 214 Å². The highest BCUT2D eigenvalue weighted by Gasteiger charge is 2.41. The van der Waals surface area contributed by atoms with E-state index in [4.69, 9.17) is 9.47 Å². The van der Waals surface area contributed by atoms with E-state index in [9.17, 15) is 19.2 Å². The second kappa shape index (κ2) is 9.77. The number of benzene rings is 2. The number of carbonyl (C=O) groups is 4. The summed E-state index contributed by atoms with van der Waals surface area (Å²) in [4.78, 5) is 53.3. The van der Waals surface area contributed by atoms with Crippen LogP contribution in [0.25, 0.3) is 5.69 Å². The molecule has 1 aliphatic rings. The highest BCUT2D eigenvalue weighted by molar-refractivity contribution is 6.30. The number of para-hydroxylation sites is 2. The number of nitrogens with zero attached hydrogens (tertiary/aromatic N) is 2. The van der Waals surface area contributed by atoms with Crippen molar-refractivity contribution >= 4 is 41.1 Å². The van der Waals surface area contributed by atoms with Gasteiger partial charge in [-0.25, -0.2) is 14.5 Å². The summed E-state index contributed by atoms with van der Waals surface area (Å²) in [6.07, 6.45) is 2.23. The van der Waals surface area contributed by atoms with Crippen LogP contribution in [0.2, 0.25) is 0 Å². The van der Waals surface area contributed by atoms with Crippen molar-refractivity contribution in [1.82, 2.24) is 4.57 Å². The Bertz CT molecular complexity index is 1440. The molecule has 4 rings (SSSR count). The molecule has 0 spiro atoms. The van der Waals surface area contributed by atoms with Gasteiger partial charge < -0.3 is 14.8 Å². The molecule has 0 saturated heterocycles. The lowest BCUT2D eigenvalue weighted by Gasteiger charge is -2.23. The van der Waals surface area contributed by atoms with Gasteiger partial charge in [-0.05, 0) is 49.9 Å². The molecule has 9 heteroatoms. The molecule has 37 heavy (non-hydrogen) atoms. The molecule has 2 heterocycles. The molecule has 3 aromatic rings. The lowest BCUT2D eigenvalue weighted by Crippen LogP contribution is -2.33. The Morgan fingerprint density at radius 1 is 0.730 bits per heavy atom. The summed E-state index contributed by atoms with van der Waals surface area (Å²) in [5, 5.41) is 3.32. The van der Waals surface area contributed by atoms with Crippen LogP contribution in [-0.2, 0) is 19.1 Å². The third-order valence-corrected chi connectivity index (χ3v) is 6.33. The second-order valence-corrected chi connectivity index (χ2v) is 8.72. The third kappa shape index (κ3) is 4.18. The maximum Gasteiger partial charge on any atom is 0.342 e. The summed E-state index contributed by atoms with van der Waals surface area (Å²) in [5.74, 6) is -3.02. The predicted molar refractivity (Wildman–Crippen MR) is 139 cm³/mol. The number of methoxy groups -OCH3 is 2. The van der Waals surface area contributed by atoms with Crippen LogP contribution < -0.4 is 10.2 Å². The van der Waals surface area contributed by atoms with Crippen LogP contribution in [0, 0.1) is 27.7 Å². The number of esters is 2. The summed E-state index contributed by atoms with van der Waals surface area (Å²) in [7, 11) is 2.35. The molecule has 0 unspecified atom stereocenters. The van der Waals surface area contributed by atoms with Crippen molar-refractivity contribution in [3.63, 3.8) is 0 Å². The van der Waals surface area contributed by atoms with Gasteiger partial charge in [0, 0.05) is 17.8 Å². The van der Waals surface area contributed by atoms with E-state index < -0.39 is 23.8 Å². The topological polar surface area (TPSA) is 107 Å². The van der Waals surface area contributed by atoms with Crippen LogP contribution in [0.3, 0.4) is 0 Å². The first-order valence-electron chi connectivity index (χ1n) is 11.5. The largest absolute Gasteiger partial charge is 0.465 e. The van der Waals surface area contributed by atoms with E-state index in [0.29, 0.717) is 11.4 Å². The van der Waals surface area contributed by atoms with Crippen LogP contribution in [0.15, 0.2) is 48.6 Å². The lowest BCUT2D eigenvalue weighted by molar-refractivity contribution is -0.120. The molecule has 190 valence electrons. The van der Waals surface area contributed by atoms with Gasteiger partial charge in [0.05, 0.1) is 19.9 Å². The molecule has 1 N–H and O–H groups in total. The highest BCUT2D eigenvalue weighted by Crippen LogP contribution is 2.43. The van der Waals surface area contributed by atoms with Gasteiger partial charge in [0.2, 0.25) is 0 Å². The zero-order valence-electron chi connectivity index (χ0n) is 21.5. The molecular weight excluding hydrogens is 474 g/mol. The van der Waals surface area contributed by atoms with Crippen molar-refractivity contribution in [3.8, 4) is 5.69 Å². The molecular formula is C28H27N3O6. The average Bonchev–Trinajstić information content (AvgIpc) is 3.36. The fraction of sp³-hybridized carbons (Fsp3) is 0.214. The number of hydrogen-bond donors (Lipinski definition) is 1. The van der Waals surface area contributed by atoms with Gasteiger partial charge in [-0.2, -0.15) is 0 Å². The van der Waals surface area contributed by atoms with E-state index in [1.165, 1.54) is 7.11 Å². The summed E-state index contributed by atoms with van der Waals surface area (Å²) in [6, 6.07) is 11.3. The zero-order chi connectivity index (χ0) is 27.0. The summed E-state index contributed by atoms with van der Waals surface area (Å²) < 4.78 is 11.7. The fourth-order valence-electron chi connectivity index (χ4n) is 4.60. The first-order valence-corrected chi connectivity index (χ1v) is 11.5. The van der Waals surface area contributed by atoms with E-state index in [1.807, 2.05) is 64.1 Å². The van der Waals surface area contributed by atoms with Crippen LogP contribution in [0.5, 0.6) is 0 Å². The van der Waals surface area contributed by atoms with Crippen molar-refractivity contribution in [1.29, 1.82) is 0 Å². The summed E-state index contributed by atoms with van der Waals surface area (Å²) >= 11 is 0. The molecule has 0 radical (unpaired) electrons. The smallest absolute Gasteiger partial charge is 0.342 e. The fourth-order valence-corrected chi connectivity index (χ4v) is 4.60. The van der Waals surface area contributed by atoms with Gasteiger partial charge in [0.25, 0.3) is 11.8 Å². The third-order valence-electron chi connectivity index (χ3n) is 6.33. The summed E-state index contributed by atoms with van der Waals surface area (Å²) in [6.45, 7) is 7.52. The number of nitrogens with one attached hydrogen (secondary N) is 1. The Balaban J connectivity index is 2.24. The van der Waals surface area contributed by atoms with Crippen LogP contribution in [0.1, 0.15) is 43.0 Å². The molecule has 0 atom stereocenters. The Morgan fingerprint density at radius 2 is 1.19 bits per heavy atom. The van der Waals surface area contributed by atoms with Gasteiger partial charge in [-0.15, -0.1) is 0 Å².